The molecular weight excluding hydrogens is 152 g/mol. The lowest BCUT2D eigenvalue weighted by Crippen LogP contribution is -2.14. The molecule has 12 heavy (non-hydrogen) atoms. The van der Waals surface area contributed by atoms with E-state index in [1.165, 1.54) is 0 Å². The van der Waals surface area contributed by atoms with Crippen LogP contribution in [0.25, 0.3) is 6.08 Å². The summed E-state index contributed by atoms with van der Waals surface area (Å²) in [5.74, 6) is 0. The van der Waals surface area contributed by atoms with E-state index in [-0.39, 0.29) is 0 Å². The van der Waals surface area contributed by atoms with Crippen LogP contribution in [0.4, 0.5) is 5.69 Å². The minimum atomic E-state index is 0.384. The number of fused-ring (bicyclic) bond motifs is 1. The van der Waals surface area contributed by atoms with Gasteiger partial charge in [0, 0.05) is 5.56 Å². The molecule has 1 aromatic carbocycles. The molecule has 0 radical (unpaired) electrons. The van der Waals surface area contributed by atoms with Crippen LogP contribution in [0.5, 0.6) is 0 Å². The van der Waals surface area contributed by atoms with Crippen LogP contribution in [0.1, 0.15) is 5.56 Å². The molecular formula is C9H9N2O+. The second-order valence-electron chi connectivity index (χ2n) is 2.66. The number of anilines is 1. The quantitative estimate of drug-likeness (QED) is 0.588. The molecule has 3 nitrogen and oxygen atoms in total. The van der Waals surface area contributed by atoms with Gasteiger partial charge in [0.05, 0.1) is 4.91 Å². The molecule has 0 spiro atoms. The molecule has 1 N–H and O–H groups in total. The average molecular weight is 161 g/mol. The van der Waals surface area contributed by atoms with Crippen LogP contribution >= 0.6 is 0 Å². The lowest BCUT2D eigenvalue weighted by molar-refractivity contribution is -0.507. The number of hydrogen-bond acceptors (Lipinski definition) is 1. The van der Waals surface area contributed by atoms with Crippen LogP contribution in [0.15, 0.2) is 30.3 Å². The highest BCUT2D eigenvalue weighted by molar-refractivity contribution is 5.66. The number of nitrogens with one attached hydrogen (secondary N) is 1. The zero-order valence-electron chi connectivity index (χ0n) is 6.53. The van der Waals surface area contributed by atoms with E-state index in [4.69, 9.17) is 0 Å². The van der Waals surface area contributed by atoms with E-state index in [0.717, 1.165) is 16.1 Å². The monoisotopic (exact) mass is 161 g/mol. The van der Waals surface area contributed by atoms with Crippen molar-refractivity contribution in [2.75, 3.05) is 12.0 Å². The molecule has 1 aliphatic rings. The number of nitrogens with zero attached hydrogens (tertiary/aromatic N) is 1. The molecule has 0 atom stereocenters. The molecule has 3 heteroatoms. The van der Waals surface area contributed by atoms with Gasteiger partial charge in [-0.2, -0.15) is 0 Å². The first kappa shape index (κ1) is 7.03. The predicted molar refractivity (Wildman–Crippen MR) is 47.6 cm³/mol. The zero-order valence-corrected chi connectivity index (χ0v) is 6.53. The molecule has 1 heterocycles. The van der Waals surface area contributed by atoms with Gasteiger partial charge < -0.3 is 0 Å². The fourth-order valence-corrected chi connectivity index (χ4v) is 1.20. The van der Waals surface area contributed by atoms with E-state index in [9.17, 15) is 4.91 Å². The Balaban J connectivity index is 2.48. The molecule has 0 fully saturated rings. The molecule has 0 aliphatic carbocycles. The molecule has 0 unspecified atom stereocenters. The number of hydrogen-bond donors (Lipinski definition) is 1. The van der Waals surface area contributed by atoms with Gasteiger partial charge in [-0.15, -0.1) is 5.43 Å². The van der Waals surface area contributed by atoms with E-state index in [2.05, 4.69) is 5.43 Å². The Morgan fingerprint density at radius 2 is 2.17 bits per heavy atom. The Morgan fingerprint density at radius 3 is 3.08 bits per heavy atom. The maximum absolute atomic E-state index is 11.0. The molecule has 0 bridgehead atoms. The number of para-hydroxylation sites is 1. The summed E-state index contributed by atoms with van der Waals surface area (Å²) in [6, 6.07) is 7.71. The van der Waals surface area contributed by atoms with Crippen LogP contribution < -0.4 is 5.43 Å². The van der Waals surface area contributed by atoms with Gasteiger partial charge in [-0.3, -0.25) is 0 Å². The standard InChI is InChI=1S/C9H9N2O/c12-11-7-3-5-8-4-1-2-6-9(8)10-11/h1-6H,7H2,(H,10,12)/q+1. The summed E-state index contributed by atoms with van der Waals surface area (Å²) < 4.78 is 0. The molecule has 0 aromatic heterocycles. The highest BCUT2D eigenvalue weighted by atomic mass is 16.3. The van der Waals surface area contributed by atoms with Gasteiger partial charge in [-0.1, -0.05) is 24.3 Å². The summed E-state index contributed by atoms with van der Waals surface area (Å²) in [5, 5.41) is 0. The Morgan fingerprint density at radius 1 is 1.33 bits per heavy atom. The number of hydrazine groups is 1. The normalized spacial score (nSPS) is 14.8. The molecule has 2 rings (SSSR count). The molecule has 0 saturated heterocycles. The van der Waals surface area contributed by atoms with Crippen molar-refractivity contribution in [3.05, 3.63) is 40.8 Å². The highest BCUT2D eigenvalue weighted by Gasteiger charge is 2.11. The van der Waals surface area contributed by atoms with Gasteiger partial charge in [-0.05, 0) is 12.1 Å². The van der Waals surface area contributed by atoms with Crippen LogP contribution in [0.3, 0.4) is 0 Å². The SMILES string of the molecule is O=[N+]1CC=Cc2ccccc2N1. The van der Waals surface area contributed by atoms with Crippen molar-refractivity contribution in [2.45, 2.75) is 0 Å². The molecule has 0 amide bonds. The van der Waals surface area contributed by atoms with Gasteiger partial charge in [0.15, 0.2) is 0 Å². The Kier molecular flexibility index (Phi) is 1.63. The lowest BCUT2D eigenvalue weighted by atomic mass is 10.2. The number of rotatable bonds is 0. The predicted octanol–water partition coefficient (Wildman–Crippen LogP) is 1.82. The second kappa shape index (κ2) is 2.77. The minimum Gasteiger partial charge on any atom is -0.120 e. The largest absolute Gasteiger partial charge is 0.244 e. The van der Waals surface area contributed by atoms with Gasteiger partial charge in [0.2, 0.25) is 6.54 Å². The number of benzene rings is 1. The fraction of sp³-hybridized carbons (Fsp3) is 0.111. The summed E-state index contributed by atoms with van der Waals surface area (Å²) in [6.07, 6.45) is 3.78. The van der Waals surface area contributed by atoms with Crippen molar-refractivity contribution in [3.8, 4) is 0 Å². The van der Waals surface area contributed by atoms with Crippen molar-refractivity contribution >= 4 is 11.8 Å². The van der Waals surface area contributed by atoms with E-state index in [0.29, 0.717) is 6.54 Å². The molecule has 1 aliphatic heterocycles. The van der Waals surface area contributed by atoms with E-state index in [1.54, 1.807) is 0 Å². The summed E-state index contributed by atoms with van der Waals surface area (Å²) >= 11 is 0. The van der Waals surface area contributed by atoms with Crippen molar-refractivity contribution in [1.29, 1.82) is 0 Å². The van der Waals surface area contributed by atoms with Gasteiger partial charge >= 0.3 is 0 Å². The van der Waals surface area contributed by atoms with E-state index < -0.39 is 0 Å². The lowest BCUT2D eigenvalue weighted by Gasteiger charge is -1.97. The maximum Gasteiger partial charge on any atom is 0.244 e. The molecule has 1 aromatic rings. The third-order valence-electron chi connectivity index (χ3n) is 1.77. The smallest absolute Gasteiger partial charge is 0.120 e. The summed E-state index contributed by atoms with van der Waals surface area (Å²) in [5.41, 5.74) is 4.65. The maximum atomic E-state index is 11.0. The van der Waals surface area contributed by atoms with E-state index in [1.807, 2.05) is 36.4 Å². The molecule has 0 saturated carbocycles. The third kappa shape index (κ3) is 1.21. The topological polar surface area (TPSA) is 32.1 Å². The van der Waals surface area contributed by atoms with Crippen LogP contribution in [-0.2, 0) is 0 Å². The van der Waals surface area contributed by atoms with Crippen molar-refractivity contribution < 1.29 is 4.87 Å². The van der Waals surface area contributed by atoms with Crippen LogP contribution in [0, 0.1) is 4.91 Å². The zero-order chi connectivity index (χ0) is 8.39. The van der Waals surface area contributed by atoms with Crippen molar-refractivity contribution in [1.82, 2.24) is 0 Å². The van der Waals surface area contributed by atoms with Crippen molar-refractivity contribution in [2.24, 2.45) is 0 Å². The Labute approximate surface area is 70.3 Å². The Bertz CT molecular complexity index is 344. The highest BCUT2D eigenvalue weighted by Crippen LogP contribution is 2.17. The van der Waals surface area contributed by atoms with Gasteiger partial charge in [-0.25, -0.2) is 0 Å². The Hall–Kier alpha value is -1.64. The summed E-state index contributed by atoms with van der Waals surface area (Å²) in [6.45, 7) is 0.384. The van der Waals surface area contributed by atoms with Crippen molar-refractivity contribution in [3.63, 3.8) is 0 Å². The first-order valence-electron chi connectivity index (χ1n) is 3.83. The van der Waals surface area contributed by atoms with Crippen LogP contribution in [0.2, 0.25) is 0 Å². The first-order chi connectivity index (χ1) is 5.86. The van der Waals surface area contributed by atoms with Gasteiger partial charge in [0.25, 0.3) is 0 Å². The molecule has 60 valence electrons. The van der Waals surface area contributed by atoms with E-state index >= 15 is 0 Å². The summed E-state index contributed by atoms with van der Waals surface area (Å²) in [4.78, 5) is 11.8. The second-order valence-corrected chi connectivity index (χ2v) is 2.66. The number of nitroso groups, excluding NO2 is 1. The fourth-order valence-electron chi connectivity index (χ4n) is 1.20. The third-order valence-corrected chi connectivity index (χ3v) is 1.77. The minimum absolute atomic E-state index is 0.384. The average Bonchev–Trinajstić information content (AvgIpc) is 2.25. The summed E-state index contributed by atoms with van der Waals surface area (Å²) in [7, 11) is 0. The first-order valence-corrected chi connectivity index (χ1v) is 3.83. The van der Waals surface area contributed by atoms with Gasteiger partial charge in [0.1, 0.15) is 10.6 Å². The van der Waals surface area contributed by atoms with Crippen LogP contribution in [-0.4, -0.2) is 11.4 Å².